The SMILES string of the molecule is CC(C)c1cc(CNCCCNC(=O)c2cccc(C=O)c2)cc(C(C)C)n1. The molecule has 5 nitrogen and oxygen atoms in total. The van der Waals surface area contributed by atoms with Crippen LogP contribution in [-0.4, -0.2) is 30.3 Å². The molecule has 0 saturated carbocycles. The zero-order valence-corrected chi connectivity index (χ0v) is 17.3. The van der Waals surface area contributed by atoms with Gasteiger partial charge in [-0.3, -0.25) is 14.6 Å². The highest BCUT2D eigenvalue weighted by molar-refractivity contribution is 5.95. The van der Waals surface area contributed by atoms with E-state index in [9.17, 15) is 9.59 Å². The van der Waals surface area contributed by atoms with E-state index in [0.29, 0.717) is 29.5 Å². The molecule has 1 aromatic heterocycles. The molecule has 0 spiro atoms. The Morgan fingerprint density at radius 1 is 1.04 bits per heavy atom. The summed E-state index contributed by atoms with van der Waals surface area (Å²) in [5.41, 5.74) is 4.53. The maximum Gasteiger partial charge on any atom is 0.251 e. The Bertz CT molecular complexity index is 774. The Hall–Kier alpha value is -2.53. The summed E-state index contributed by atoms with van der Waals surface area (Å²) in [6, 6.07) is 11.1. The highest BCUT2D eigenvalue weighted by atomic mass is 16.1. The minimum Gasteiger partial charge on any atom is -0.352 e. The number of carbonyl (C=O) groups is 2. The van der Waals surface area contributed by atoms with Gasteiger partial charge in [0, 0.05) is 35.6 Å². The largest absolute Gasteiger partial charge is 0.352 e. The number of rotatable bonds is 10. The summed E-state index contributed by atoms with van der Waals surface area (Å²) in [5, 5.41) is 6.33. The average Bonchev–Trinajstić information content (AvgIpc) is 2.70. The van der Waals surface area contributed by atoms with Crippen LogP contribution in [0.2, 0.25) is 0 Å². The molecule has 0 unspecified atom stereocenters. The second-order valence-corrected chi connectivity index (χ2v) is 7.66. The number of aromatic nitrogens is 1. The summed E-state index contributed by atoms with van der Waals surface area (Å²) in [7, 11) is 0. The second-order valence-electron chi connectivity index (χ2n) is 7.66. The van der Waals surface area contributed by atoms with E-state index in [-0.39, 0.29) is 5.91 Å². The first-order valence-corrected chi connectivity index (χ1v) is 9.95. The first kappa shape index (κ1) is 21.8. The van der Waals surface area contributed by atoms with Gasteiger partial charge in [-0.25, -0.2) is 0 Å². The van der Waals surface area contributed by atoms with Crippen LogP contribution in [-0.2, 0) is 6.54 Å². The van der Waals surface area contributed by atoms with Gasteiger partial charge in [-0.1, -0.05) is 39.8 Å². The molecular formula is C23H31N3O2. The third kappa shape index (κ3) is 6.57. The van der Waals surface area contributed by atoms with E-state index in [1.807, 2.05) is 0 Å². The molecule has 2 rings (SSSR count). The van der Waals surface area contributed by atoms with Crippen LogP contribution in [0.4, 0.5) is 0 Å². The fourth-order valence-electron chi connectivity index (χ4n) is 2.83. The standard InChI is InChI=1S/C23H31N3O2/c1-16(2)21-12-19(13-22(26-21)17(3)4)14-24-9-6-10-25-23(28)20-8-5-7-18(11-20)15-27/h5,7-8,11-13,15-17,24H,6,9-10,14H2,1-4H3,(H,25,28). The molecule has 0 aliphatic rings. The van der Waals surface area contributed by atoms with Gasteiger partial charge in [-0.15, -0.1) is 0 Å². The van der Waals surface area contributed by atoms with Crippen molar-refractivity contribution in [2.45, 2.75) is 52.5 Å². The van der Waals surface area contributed by atoms with Crippen LogP contribution in [0.5, 0.6) is 0 Å². The number of nitrogens with one attached hydrogen (secondary N) is 2. The number of aldehydes is 1. The van der Waals surface area contributed by atoms with Crippen molar-refractivity contribution in [3.05, 3.63) is 64.5 Å². The van der Waals surface area contributed by atoms with Crippen molar-refractivity contribution in [2.75, 3.05) is 13.1 Å². The average molecular weight is 382 g/mol. The Morgan fingerprint density at radius 2 is 1.71 bits per heavy atom. The topological polar surface area (TPSA) is 71.1 Å². The van der Waals surface area contributed by atoms with Gasteiger partial charge in [-0.05, 0) is 54.6 Å². The third-order valence-corrected chi connectivity index (χ3v) is 4.54. The molecule has 2 N–H and O–H groups in total. The van der Waals surface area contributed by atoms with Crippen LogP contribution in [0, 0.1) is 0 Å². The van der Waals surface area contributed by atoms with Gasteiger partial charge >= 0.3 is 0 Å². The predicted molar refractivity (Wildman–Crippen MR) is 113 cm³/mol. The molecule has 0 aliphatic carbocycles. The lowest BCUT2D eigenvalue weighted by atomic mass is 10.0. The predicted octanol–water partition coefficient (Wildman–Crippen LogP) is 4.05. The molecule has 1 aromatic carbocycles. The van der Waals surface area contributed by atoms with E-state index in [2.05, 4.69) is 50.5 Å². The Balaban J connectivity index is 1.77. The van der Waals surface area contributed by atoms with Gasteiger partial charge in [-0.2, -0.15) is 0 Å². The number of hydrogen-bond donors (Lipinski definition) is 2. The van der Waals surface area contributed by atoms with Crippen LogP contribution in [0.1, 0.15) is 83.6 Å². The number of benzene rings is 1. The van der Waals surface area contributed by atoms with Crippen LogP contribution in [0.25, 0.3) is 0 Å². The van der Waals surface area contributed by atoms with Crippen LogP contribution in [0.3, 0.4) is 0 Å². The van der Waals surface area contributed by atoms with Crippen molar-refractivity contribution < 1.29 is 9.59 Å². The lowest BCUT2D eigenvalue weighted by Gasteiger charge is -2.14. The second kappa shape index (κ2) is 10.7. The number of carbonyl (C=O) groups excluding carboxylic acids is 2. The van der Waals surface area contributed by atoms with E-state index in [0.717, 1.165) is 37.2 Å². The van der Waals surface area contributed by atoms with E-state index < -0.39 is 0 Å². The summed E-state index contributed by atoms with van der Waals surface area (Å²) in [4.78, 5) is 27.7. The monoisotopic (exact) mass is 381 g/mol. The van der Waals surface area contributed by atoms with Gasteiger partial charge in [0.25, 0.3) is 5.91 Å². The molecule has 0 saturated heterocycles. The fourth-order valence-corrected chi connectivity index (χ4v) is 2.83. The summed E-state index contributed by atoms with van der Waals surface area (Å²) >= 11 is 0. The van der Waals surface area contributed by atoms with Crippen LogP contribution >= 0.6 is 0 Å². The van der Waals surface area contributed by atoms with Crippen molar-refractivity contribution in [1.82, 2.24) is 15.6 Å². The van der Waals surface area contributed by atoms with Crippen LogP contribution in [0.15, 0.2) is 36.4 Å². The highest BCUT2D eigenvalue weighted by Crippen LogP contribution is 2.19. The smallest absolute Gasteiger partial charge is 0.251 e. The molecular weight excluding hydrogens is 350 g/mol. The quantitative estimate of drug-likeness (QED) is 0.481. The van der Waals surface area contributed by atoms with Gasteiger partial charge in [0.1, 0.15) is 6.29 Å². The lowest BCUT2D eigenvalue weighted by Crippen LogP contribution is -2.27. The molecule has 0 fully saturated rings. The first-order valence-electron chi connectivity index (χ1n) is 9.95. The van der Waals surface area contributed by atoms with Crippen molar-refractivity contribution in [3.63, 3.8) is 0 Å². The number of pyridine rings is 1. The summed E-state index contributed by atoms with van der Waals surface area (Å²) < 4.78 is 0. The maximum absolute atomic E-state index is 12.1. The van der Waals surface area contributed by atoms with Crippen molar-refractivity contribution in [2.24, 2.45) is 0 Å². The normalized spacial score (nSPS) is 11.1. The van der Waals surface area contributed by atoms with Gasteiger partial charge in [0.05, 0.1) is 0 Å². The molecule has 0 aliphatic heterocycles. The van der Waals surface area contributed by atoms with Crippen molar-refractivity contribution >= 4 is 12.2 Å². The minimum atomic E-state index is -0.152. The Labute approximate surface area is 168 Å². The van der Waals surface area contributed by atoms with Crippen LogP contribution < -0.4 is 10.6 Å². The van der Waals surface area contributed by atoms with Crippen molar-refractivity contribution in [1.29, 1.82) is 0 Å². The molecule has 0 bridgehead atoms. The highest BCUT2D eigenvalue weighted by Gasteiger charge is 2.09. The lowest BCUT2D eigenvalue weighted by molar-refractivity contribution is 0.0953. The molecule has 2 aromatic rings. The number of amides is 1. The van der Waals surface area contributed by atoms with Crippen molar-refractivity contribution in [3.8, 4) is 0 Å². The van der Waals surface area contributed by atoms with E-state index in [1.54, 1.807) is 24.3 Å². The Morgan fingerprint density at radius 3 is 2.32 bits per heavy atom. The number of nitrogens with zero attached hydrogens (tertiary/aromatic N) is 1. The zero-order valence-electron chi connectivity index (χ0n) is 17.3. The molecule has 28 heavy (non-hydrogen) atoms. The molecule has 1 heterocycles. The summed E-state index contributed by atoms with van der Waals surface area (Å²) in [6.07, 6.45) is 1.58. The molecule has 1 amide bonds. The third-order valence-electron chi connectivity index (χ3n) is 4.54. The maximum atomic E-state index is 12.1. The Kier molecular flexibility index (Phi) is 8.33. The molecule has 5 heteroatoms. The minimum absolute atomic E-state index is 0.152. The molecule has 0 atom stereocenters. The van der Waals surface area contributed by atoms with E-state index >= 15 is 0 Å². The zero-order chi connectivity index (χ0) is 20.5. The van der Waals surface area contributed by atoms with E-state index in [1.165, 1.54) is 5.56 Å². The van der Waals surface area contributed by atoms with E-state index in [4.69, 9.17) is 4.98 Å². The summed E-state index contributed by atoms with van der Waals surface area (Å²) in [5.74, 6) is 0.664. The number of hydrogen-bond acceptors (Lipinski definition) is 4. The van der Waals surface area contributed by atoms with Gasteiger partial charge in [0.2, 0.25) is 0 Å². The summed E-state index contributed by atoms with van der Waals surface area (Å²) in [6.45, 7) is 10.8. The molecule has 150 valence electrons. The van der Waals surface area contributed by atoms with Gasteiger partial charge < -0.3 is 10.6 Å². The van der Waals surface area contributed by atoms with Gasteiger partial charge in [0.15, 0.2) is 0 Å². The first-order chi connectivity index (χ1) is 13.4. The fraction of sp³-hybridized carbons (Fsp3) is 0.435. The molecule has 0 radical (unpaired) electrons.